The van der Waals surface area contributed by atoms with Crippen LogP contribution >= 0.6 is 0 Å². The fraction of sp³-hybridized carbons (Fsp3) is 1.00. The van der Waals surface area contributed by atoms with Crippen LogP contribution in [0.3, 0.4) is 0 Å². The van der Waals surface area contributed by atoms with E-state index >= 15 is 0 Å². The Hall–Kier alpha value is 1.13. The van der Waals surface area contributed by atoms with E-state index in [9.17, 15) is 0 Å². The molecule has 0 N–H and O–H groups in total. The molecule has 82 valence electrons. The predicted molar refractivity (Wildman–Crippen MR) is 74.0 cm³/mol. The molecule has 0 aromatic rings. The van der Waals surface area contributed by atoms with Gasteiger partial charge >= 0.3 is 18.9 Å². The second-order valence-electron chi connectivity index (χ2n) is 5.75. The monoisotopic (exact) mass is 208 g/mol. The summed E-state index contributed by atoms with van der Waals surface area (Å²) in [6.07, 6.45) is 0. The van der Waals surface area contributed by atoms with E-state index in [-0.39, 0.29) is 20.3 Å². The molecule has 14 heavy (non-hydrogen) atoms. The number of hydrogen-bond donors (Lipinski definition) is 0. The molecule has 0 bridgehead atoms. The van der Waals surface area contributed by atoms with E-state index in [4.69, 9.17) is 0 Å². The molecule has 0 unspecified atom stereocenters. The zero-order chi connectivity index (χ0) is 10.4. The van der Waals surface area contributed by atoms with E-state index in [1.807, 2.05) is 0 Å². The van der Waals surface area contributed by atoms with Crippen LogP contribution in [0.15, 0.2) is 0 Å². The zero-order valence-electron chi connectivity index (χ0n) is 10.4. The average Bonchev–Trinajstić information content (AvgIpc) is 1.80. The predicted octanol–water partition coefficient (Wildman–Crippen LogP) is 4.05. The molecule has 0 aromatic carbocycles. The summed E-state index contributed by atoms with van der Waals surface area (Å²) in [6.45, 7) is 14.3. The summed E-state index contributed by atoms with van der Waals surface area (Å²) in [7, 11) is 0. The van der Waals surface area contributed by atoms with Gasteiger partial charge in [-0.1, -0.05) is 75.1 Å². The van der Waals surface area contributed by atoms with E-state index < -0.39 is 14.1 Å². The van der Waals surface area contributed by atoms with Crippen molar-refractivity contribution >= 4 is 33.0 Å². The quantitative estimate of drug-likeness (QED) is 0.578. The van der Waals surface area contributed by atoms with Gasteiger partial charge in [0, 0.05) is 1.43 Å². The topological polar surface area (TPSA) is 0 Å². The van der Waals surface area contributed by atoms with Crippen molar-refractivity contribution in [3.05, 3.63) is 0 Å². The summed E-state index contributed by atoms with van der Waals surface area (Å²) in [5.74, 6) is 2.78. The summed E-state index contributed by atoms with van der Waals surface area (Å²) < 4.78 is 0. The Labute approximate surface area is 109 Å². The number of rotatable bonds is 6. The van der Waals surface area contributed by atoms with Gasteiger partial charge in [-0.25, -0.2) is 0 Å². The van der Waals surface area contributed by atoms with Gasteiger partial charge in [-0.2, -0.15) is 0 Å². The molecule has 0 heterocycles. The average molecular weight is 208 g/mol. The number of hydrogen-bond acceptors (Lipinski definition) is 0. The Balaban J connectivity index is -0.000000720. The van der Waals surface area contributed by atoms with Gasteiger partial charge < -0.3 is 0 Å². The van der Waals surface area contributed by atoms with Gasteiger partial charge in [-0.3, -0.25) is 0 Å². The van der Waals surface area contributed by atoms with Crippen LogP contribution in [0.2, 0.25) is 15.8 Å². The molecule has 0 aromatic heterocycles. The molecular weight excluding hydrogens is 178 g/mol. The van der Waals surface area contributed by atoms with Crippen LogP contribution in [0.25, 0.3) is 0 Å². The van der Waals surface area contributed by atoms with Crippen LogP contribution in [0.1, 0.15) is 43.0 Å². The zero-order valence-corrected chi connectivity index (χ0v) is 11.6. The third-order valence-electron chi connectivity index (χ3n) is 2.41. The summed E-state index contributed by atoms with van der Waals surface area (Å²) in [6, 6.07) is 0. The summed E-state index contributed by atoms with van der Waals surface area (Å²) >= 11 is -0.407. The fourth-order valence-electron chi connectivity index (χ4n) is 2.29. The van der Waals surface area contributed by atoms with Gasteiger partial charge in [-0.05, 0) is 0 Å². The molecule has 0 aliphatic carbocycles. The second-order valence-corrected chi connectivity index (χ2v) is 8.90. The minimum absolute atomic E-state index is 0. The van der Waals surface area contributed by atoms with Gasteiger partial charge in [0.1, 0.15) is 0 Å². The van der Waals surface area contributed by atoms with Gasteiger partial charge in [0.15, 0.2) is 0 Å². The van der Waals surface area contributed by atoms with E-state index in [1.54, 1.807) is 15.8 Å². The van der Waals surface area contributed by atoms with E-state index in [2.05, 4.69) is 41.5 Å². The third-order valence-corrected chi connectivity index (χ3v) is 7.24. The van der Waals surface area contributed by atoms with Crippen molar-refractivity contribution in [2.45, 2.75) is 57.4 Å². The molecule has 0 fully saturated rings. The third kappa shape index (κ3) is 11.2. The van der Waals surface area contributed by atoms with Crippen molar-refractivity contribution in [2.75, 3.05) is 0 Å². The molecule has 0 radical (unpaired) electrons. The van der Waals surface area contributed by atoms with Crippen molar-refractivity contribution in [3.63, 3.8) is 0 Å². The normalized spacial score (nSPS) is 10.9. The van der Waals surface area contributed by atoms with Gasteiger partial charge in [0.25, 0.3) is 14.1 Å². The summed E-state index contributed by atoms with van der Waals surface area (Å²) in [4.78, 5) is 0. The maximum atomic E-state index is 2.38. The standard InChI is InChI=1S/3C4H9.Al.Li.H2.H/c3*1-4(2)3;;;;/h3*4H,1H2,2-3H3;;;1H;. The van der Waals surface area contributed by atoms with Crippen LogP contribution in [-0.4, -0.2) is 33.0 Å². The SMILES string of the molecule is CC(C)[CH2][Al]([CH2]C(C)C)[CH2]C(C)C.[HH].[LiH]. The first-order chi connectivity index (χ1) is 5.91. The van der Waals surface area contributed by atoms with Crippen LogP contribution in [0.5, 0.6) is 0 Å². The van der Waals surface area contributed by atoms with Crippen molar-refractivity contribution in [1.29, 1.82) is 0 Å². The first-order valence-corrected chi connectivity index (χ1v) is 8.36. The molecule has 0 amide bonds. The van der Waals surface area contributed by atoms with Gasteiger partial charge in [0.2, 0.25) is 0 Å². The van der Waals surface area contributed by atoms with Crippen molar-refractivity contribution < 1.29 is 1.43 Å². The molecule has 0 saturated carbocycles. The maximum absolute atomic E-state index is 2.38. The molecule has 0 aliphatic heterocycles. The molecule has 2 heteroatoms. The molecule has 0 spiro atoms. The Morgan fingerprint density at radius 2 is 0.929 bits per heavy atom. The van der Waals surface area contributed by atoms with Crippen molar-refractivity contribution in [3.8, 4) is 0 Å². The van der Waals surface area contributed by atoms with E-state index in [0.717, 1.165) is 17.8 Å². The van der Waals surface area contributed by atoms with Crippen LogP contribution in [0.4, 0.5) is 0 Å². The Bertz CT molecular complexity index is 103. The first-order valence-electron chi connectivity index (χ1n) is 5.91. The fourth-order valence-corrected chi connectivity index (χ4v) is 6.87. The Morgan fingerprint density at radius 1 is 0.714 bits per heavy atom. The molecule has 0 saturated heterocycles. The first kappa shape index (κ1) is 17.5. The Kier molecular flexibility index (Phi) is 11.7. The van der Waals surface area contributed by atoms with E-state index in [1.165, 1.54) is 0 Å². The van der Waals surface area contributed by atoms with E-state index in [0.29, 0.717) is 0 Å². The summed E-state index contributed by atoms with van der Waals surface area (Å²) in [5.41, 5.74) is 0. The molecular formula is C12H30AlLi. The van der Waals surface area contributed by atoms with Crippen LogP contribution in [0, 0.1) is 17.8 Å². The molecule has 0 atom stereocenters. The van der Waals surface area contributed by atoms with Crippen molar-refractivity contribution in [2.24, 2.45) is 17.8 Å². The van der Waals surface area contributed by atoms with Gasteiger partial charge in [-0.15, -0.1) is 0 Å². The van der Waals surface area contributed by atoms with Crippen LogP contribution < -0.4 is 0 Å². The Morgan fingerprint density at radius 3 is 1.07 bits per heavy atom. The van der Waals surface area contributed by atoms with Crippen LogP contribution in [-0.2, 0) is 0 Å². The van der Waals surface area contributed by atoms with Gasteiger partial charge in [0.05, 0.1) is 0 Å². The minimum atomic E-state index is -0.407. The molecule has 0 aliphatic rings. The summed E-state index contributed by atoms with van der Waals surface area (Å²) in [5, 5.41) is 4.66. The molecule has 0 rings (SSSR count). The second kappa shape index (κ2) is 9.36. The van der Waals surface area contributed by atoms with Crippen molar-refractivity contribution in [1.82, 2.24) is 0 Å². The molecule has 0 nitrogen and oxygen atoms in total.